The first-order valence-corrected chi connectivity index (χ1v) is 8.13. The largest absolute Gasteiger partial charge is 0.364 e. The normalized spacial score (nSPS) is 10.6. The average molecular weight is 338 g/mol. The summed E-state index contributed by atoms with van der Waals surface area (Å²) < 4.78 is 18.2. The summed E-state index contributed by atoms with van der Waals surface area (Å²) >= 11 is 0. The number of carbonyl (C=O) groups excluding carboxylic acids is 1. The molecular formula is C20H19FN2O2. The zero-order chi connectivity index (χ0) is 17.6. The van der Waals surface area contributed by atoms with Crippen molar-refractivity contribution in [1.29, 1.82) is 0 Å². The van der Waals surface area contributed by atoms with E-state index in [0.29, 0.717) is 19.4 Å². The van der Waals surface area contributed by atoms with E-state index in [-0.39, 0.29) is 11.7 Å². The van der Waals surface area contributed by atoms with Crippen LogP contribution in [0.3, 0.4) is 0 Å². The lowest BCUT2D eigenvalue weighted by atomic mass is 10.0. The Balaban J connectivity index is 1.56. The lowest BCUT2D eigenvalue weighted by Gasteiger charge is -2.06. The molecule has 5 heteroatoms. The van der Waals surface area contributed by atoms with E-state index < -0.39 is 0 Å². The molecule has 3 rings (SSSR count). The number of nitrogens with zero attached hydrogens (tertiary/aromatic N) is 1. The average Bonchev–Trinajstić information content (AvgIpc) is 3.07. The highest BCUT2D eigenvalue weighted by Gasteiger charge is 2.12. The van der Waals surface area contributed by atoms with Crippen molar-refractivity contribution in [3.8, 4) is 11.3 Å². The third kappa shape index (κ3) is 4.53. The molecule has 2 aromatic carbocycles. The minimum atomic E-state index is -0.307. The highest BCUT2D eigenvalue weighted by molar-refractivity contribution is 5.76. The minimum Gasteiger partial charge on any atom is -0.364 e. The molecule has 25 heavy (non-hydrogen) atoms. The van der Waals surface area contributed by atoms with Crippen LogP contribution in [0.15, 0.2) is 59.3 Å². The summed E-state index contributed by atoms with van der Waals surface area (Å²) in [4.78, 5) is 12.0. The fourth-order valence-corrected chi connectivity index (χ4v) is 2.57. The molecule has 0 unspecified atom stereocenters. The van der Waals surface area contributed by atoms with Gasteiger partial charge in [-0.15, -0.1) is 0 Å². The monoisotopic (exact) mass is 338 g/mol. The van der Waals surface area contributed by atoms with E-state index >= 15 is 0 Å². The number of halogens is 1. The van der Waals surface area contributed by atoms with Crippen LogP contribution in [-0.2, 0) is 17.8 Å². The molecule has 0 saturated carbocycles. The van der Waals surface area contributed by atoms with Crippen molar-refractivity contribution in [1.82, 2.24) is 10.5 Å². The molecule has 0 bridgehead atoms. The number of rotatable bonds is 6. The molecule has 0 fully saturated rings. The van der Waals surface area contributed by atoms with Gasteiger partial charge in [0.1, 0.15) is 17.8 Å². The standard InChI is InChI=1S/C20H19FN2O2/c1-14-5-7-16(8-6-14)20-17(13-25-23-20)9-10-19(24)22-12-15-3-2-4-18(21)11-15/h2-8,11,13H,9-10,12H2,1H3,(H,22,24). The summed E-state index contributed by atoms with van der Waals surface area (Å²) in [6.07, 6.45) is 2.42. The number of nitrogens with one attached hydrogen (secondary N) is 1. The van der Waals surface area contributed by atoms with Crippen LogP contribution in [-0.4, -0.2) is 11.1 Å². The molecule has 0 atom stereocenters. The smallest absolute Gasteiger partial charge is 0.220 e. The van der Waals surface area contributed by atoms with Gasteiger partial charge in [-0.25, -0.2) is 4.39 Å². The molecule has 4 nitrogen and oxygen atoms in total. The summed E-state index contributed by atoms with van der Waals surface area (Å²) in [6, 6.07) is 14.2. The summed E-state index contributed by atoms with van der Waals surface area (Å²) in [7, 11) is 0. The fraction of sp³-hybridized carbons (Fsp3) is 0.200. The highest BCUT2D eigenvalue weighted by atomic mass is 19.1. The molecule has 1 amide bonds. The van der Waals surface area contributed by atoms with Gasteiger partial charge in [-0.05, 0) is 31.0 Å². The third-order valence-electron chi connectivity index (χ3n) is 3.97. The molecule has 1 N–H and O–H groups in total. The van der Waals surface area contributed by atoms with Crippen LogP contribution < -0.4 is 5.32 Å². The molecule has 1 aromatic heterocycles. The molecule has 128 valence electrons. The summed E-state index contributed by atoms with van der Waals surface area (Å²) in [6.45, 7) is 2.33. The van der Waals surface area contributed by atoms with Crippen molar-refractivity contribution in [2.45, 2.75) is 26.3 Å². The van der Waals surface area contributed by atoms with Crippen LogP contribution >= 0.6 is 0 Å². The van der Waals surface area contributed by atoms with Gasteiger partial charge in [0.2, 0.25) is 5.91 Å². The Morgan fingerprint density at radius 3 is 2.76 bits per heavy atom. The second-order valence-electron chi connectivity index (χ2n) is 5.96. The van der Waals surface area contributed by atoms with Crippen LogP contribution in [0.4, 0.5) is 4.39 Å². The van der Waals surface area contributed by atoms with Gasteiger partial charge in [-0.1, -0.05) is 47.1 Å². The Morgan fingerprint density at radius 2 is 2.00 bits per heavy atom. The maximum absolute atomic E-state index is 13.1. The Labute approximate surface area is 145 Å². The minimum absolute atomic E-state index is 0.0969. The van der Waals surface area contributed by atoms with Gasteiger partial charge in [0.15, 0.2) is 0 Å². The molecule has 0 aliphatic carbocycles. The van der Waals surface area contributed by atoms with Gasteiger partial charge in [-0.3, -0.25) is 4.79 Å². The number of aryl methyl sites for hydroxylation is 2. The molecule has 0 aliphatic heterocycles. The number of benzene rings is 2. The summed E-state index contributed by atoms with van der Waals surface area (Å²) in [5.74, 6) is -0.403. The predicted molar refractivity (Wildman–Crippen MR) is 93.2 cm³/mol. The summed E-state index contributed by atoms with van der Waals surface area (Å²) in [5.41, 5.74) is 4.53. The SMILES string of the molecule is Cc1ccc(-c2nocc2CCC(=O)NCc2cccc(F)c2)cc1. The number of amides is 1. The van der Waals surface area contributed by atoms with E-state index in [4.69, 9.17) is 4.52 Å². The van der Waals surface area contributed by atoms with E-state index in [1.165, 1.54) is 17.7 Å². The Kier molecular flexibility index (Phi) is 5.23. The van der Waals surface area contributed by atoms with E-state index in [1.54, 1.807) is 18.4 Å². The lowest BCUT2D eigenvalue weighted by Crippen LogP contribution is -2.23. The lowest BCUT2D eigenvalue weighted by molar-refractivity contribution is -0.121. The zero-order valence-electron chi connectivity index (χ0n) is 14.0. The van der Waals surface area contributed by atoms with Gasteiger partial charge < -0.3 is 9.84 Å². The number of hydrogen-bond acceptors (Lipinski definition) is 3. The van der Waals surface area contributed by atoms with E-state index in [9.17, 15) is 9.18 Å². The topological polar surface area (TPSA) is 55.1 Å². The maximum Gasteiger partial charge on any atom is 0.220 e. The molecule has 0 saturated heterocycles. The van der Waals surface area contributed by atoms with Crippen LogP contribution in [0, 0.1) is 12.7 Å². The third-order valence-corrected chi connectivity index (χ3v) is 3.97. The first-order chi connectivity index (χ1) is 12.1. The van der Waals surface area contributed by atoms with Gasteiger partial charge >= 0.3 is 0 Å². The molecule has 0 aliphatic rings. The van der Waals surface area contributed by atoms with Crippen molar-refractivity contribution >= 4 is 5.91 Å². The van der Waals surface area contributed by atoms with Crippen molar-refractivity contribution in [3.63, 3.8) is 0 Å². The second-order valence-corrected chi connectivity index (χ2v) is 5.96. The molecular weight excluding hydrogens is 319 g/mol. The Morgan fingerprint density at radius 1 is 1.20 bits per heavy atom. The quantitative estimate of drug-likeness (QED) is 0.738. The van der Waals surface area contributed by atoms with Gasteiger partial charge in [0, 0.05) is 24.1 Å². The molecule has 1 heterocycles. The first kappa shape index (κ1) is 16.9. The summed E-state index contributed by atoms with van der Waals surface area (Å²) in [5, 5.41) is 6.85. The van der Waals surface area contributed by atoms with E-state index in [1.807, 2.05) is 31.2 Å². The van der Waals surface area contributed by atoms with Gasteiger partial charge in [0.25, 0.3) is 0 Å². The molecule has 0 radical (unpaired) electrons. The first-order valence-electron chi connectivity index (χ1n) is 8.13. The fourth-order valence-electron chi connectivity index (χ4n) is 2.57. The van der Waals surface area contributed by atoms with Crippen LogP contribution in [0.2, 0.25) is 0 Å². The Hall–Kier alpha value is -2.95. The number of carbonyl (C=O) groups is 1. The molecule has 3 aromatic rings. The van der Waals surface area contributed by atoms with Crippen LogP contribution in [0.25, 0.3) is 11.3 Å². The van der Waals surface area contributed by atoms with Crippen LogP contribution in [0.5, 0.6) is 0 Å². The van der Waals surface area contributed by atoms with Crippen molar-refractivity contribution < 1.29 is 13.7 Å². The van der Waals surface area contributed by atoms with Crippen LogP contribution in [0.1, 0.15) is 23.1 Å². The predicted octanol–water partition coefficient (Wildman–Crippen LogP) is 4.04. The molecule has 0 spiro atoms. The van der Waals surface area contributed by atoms with E-state index in [2.05, 4.69) is 10.5 Å². The highest BCUT2D eigenvalue weighted by Crippen LogP contribution is 2.23. The van der Waals surface area contributed by atoms with E-state index in [0.717, 1.165) is 22.4 Å². The Bertz CT molecular complexity index is 856. The van der Waals surface area contributed by atoms with Crippen molar-refractivity contribution in [3.05, 3.63) is 77.3 Å². The number of hydrogen-bond donors (Lipinski definition) is 1. The second kappa shape index (κ2) is 7.75. The van der Waals surface area contributed by atoms with Crippen molar-refractivity contribution in [2.75, 3.05) is 0 Å². The van der Waals surface area contributed by atoms with Gasteiger partial charge in [0.05, 0.1) is 0 Å². The van der Waals surface area contributed by atoms with Crippen molar-refractivity contribution in [2.24, 2.45) is 0 Å². The maximum atomic E-state index is 13.1. The zero-order valence-corrected chi connectivity index (χ0v) is 14.0. The number of aromatic nitrogens is 1. The van der Waals surface area contributed by atoms with Gasteiger partial charge in [-0.2, -0.15) is 0 Å².